The zero-order valence-corrected chi connectivity index (χ0v) is 12.4. The first-order valence-electron chi connectivity index (χ1n) is 6.39. The number of carbonyl (C=O) groups is 2. The van der Waals surface area contributed by atoms with E-state index in [1.807, 2.05) is 29.1 Å². The molecule has 108 valence electrons. The number of hydrogen-bond acceptors (Lipinski definition) is 5. The maximum Gasteiger partial charge on any atom is 0.307 e. The van der Waals surface area contributed by atoms with Gasteiger partial charge in [-0.1, -0.05) is 0 Å². The first-order chi connectivity index (χ1) is 9.63. The molecule has 7 heteroatoms. The van der Waals surface area contributed by atoms with Crippen LogP contribution in [0.2, 0.25) is 0 Å². The van der Waals surface area contributed by atoms with Crippen LogP contribution in [0.1, 0.15) is 19.0 Å². The quantitative estimate of drug-likeness (QED) is 0.755. The summed E-state index contributed by atoms with van der Waals surface area (Å²) in [6, 6.07) is 0. The Morgan fingerprint density at radius 3 is 2.95 bits per heavy atom. The maximum atomic E-state index is 12.2. The summed E-state index contributed by atoms with van der Waals surface area (Å²) in [5.74, 6) is -0.332. The van der Waals surface area contributed by atoms with Gasteiger partial charge in [0.1, 0.15) is 0 Å². The van der Waals surface area contributed by atoms with Crippen LogP contribution in [0.5, 0.6) is 0 Å². The third-order valence-electron chi connectivity index (χ3n) is 3.02. The van der Waals surface area contributed by atoms with E-state index in [1.54, 1.807) is 4.90 Å². The molecule has 0 unspecified atom stereocenters. The highest BCUT2D eigenvalue weighted by molar-refractivity contribution is 7.15. The number of fused-ring (bicyclic) bond motifs is 1. The molecular weight excluding hydrogens is 278 g/mol. The van der Waals surface area contributed by atoms with Gasteiger partial charge in [-0.05, 0) is 6.92 Å². The fourth-order valence-corrected chi connectivity index (χ4v) is 2.63. The van der Waals surface area contributed by atoms with E-state index in [1.165, 1.54) is 18.4 Å². The summed E-state index contributed by atoms with van der Waals surface area (Å²) >= 11 is 1.53. The lowest BCUT2D eigenvalue weighted by atomic mass is 10.2. The molecule has 0 fully saturated rings. The van der Waals surface area contributed by atoms with Crippen LogP contribution in [0.3, 0.4) is 0 Å². The third kappa shape index (κ3) is 3.36. The molecule has 20 heavy (non-hydrogen) atoms. The van der Waals surface area contributed by atoms with E-state index >= 15 is 0 Å². The highest BCUT2D eigenvalue weighted by Crippen LogP contribution is 2.12. The molecule has 6 nitrogen and oxygen atoms in total. The van der Waals surface area contributed by atoms with Crippen molar-refractivity contribution in [2.45, 2.75) is 19.8 Å². The summed E-state index contributed by atoms with van der Waals surface area (Å²) in [4.78, 5) is 30.2. The van der Waals surface area contributed by atoms with Gasteiger partial charge in [0.05, 0.1) is 25.6 Å². The first-order valence-corrected chi connectivity index (χ1v) is 7.27. The van der Waals surface area contributed by atoms with Gasteiger partial charge in [-0.2, -0.15) is 0 Å². The van der Waals surface area contributed by atoms with Gasteiger partial charge >= 0.3 is 5.97 Å². The van der Waals surface area contributed by atoms with E-state index < -0.39 is 0 Å². The predicted octanol–water partition coefficient (Wildman–Crippen LogP) is 1.35. The average Bonchev–Trinajstić information content (AvgIpc) is 2.99. The molecule has 0 N–H and O–H groups in total. The molecule has 0 atom stereocenters. The van der Waals surface area contributed by atoms with Crippen molar-refractivity contribution >= 4 is 28.2 Å². The lowest BCUT2D eigenvalue weighted by Crippen LogP contribution is -2.34. The van der Waals surface area contributed by atoms with Crippen LogP contribution >= 0.6 is 11.3 Å². The normalized spacial score (nSPS) is 10.7. The maximum absolute atomic E-state index is 12.2. The van der Waals surface area contributed by atoms with E-state index in [-0.39, 0.29) is 24.7 Å². The zero-order valence-electron chi connectivity index (χ0n) is 11.5. The van der Waals surface area contributed by atoms with Crippen molar-refractivity contribution < 1.29 is 14.3 Å². The van der Waals surface area contributed by atoms with Crippen LogP contribution in [-0.2, 0) is 20.7 Å². The van der Waals surface area contributed by atoms with Crippen molar-refractivity contribution in [3.05, 3.63) is 23.5 Å². The number of carbonyl (C=O) groups excluding carboxylic acids is 2. The minimum atomic E-state index is -0.307. The summed E-state index contributed by atoms with van der Waals surface area (Å²) in [6.07, 6.45) is 4.24. The van der Waals surface area contributed by atoms with E-state index in [4.69, 9.17) is 0 Å². The van der Waals surface area contributed by atoms with Crippen LogP contribution < -0.4 is 0 Å². The Balaban J connectivity index is 1.94. The molecule has 0 spiro atoms. The van der Waals surface area contributed by atoms with E-state index in [9.17, 15) is 9.59 Å². The van der Waals surface area contributed by atoms with Gasteiger partial charge < -0.3 is 9.64 Å². The van der Waals surface area contributed by atoms with Gasteiger partial charge in [-0.15, -0.1) is 11.3 Å². The highest BCUT2D eigenvalue weighted by Gasteiger charge is 2.15. The number of aromatic nitrogens is 2. The summed E-state index contributed by atoms with van der Waals surface area (Å²) < 4.78 is 6.48. The standard InChI is InChI=1S/C13H17N3O3S/c1-3-15(5-4-12(18)19-2)11(17)8-10-9-16-6-7-20-13(16)14-10/h6-7,9H,3-5,8H2,1-2H3. The van der Waals surface area contributed by atoms with Crippen LogP contribution in [0.15, 0.2) is 17.8 Å². The van der Waals surface area contributed by atoms with E-state index in [0.717, 1.165) is 10.7 Å². The minimum absolute atomic E-state index is 0.0258. The van der Waals surface area contributed by atoms with E-state index in [2.05, 4.69) is 9.72 Å². The number of imidazole rings is 1. The number of ether oxygens (including phenoxy) is 1. The van der Waals surface area contributed by atoms with Crippen LogP contribution in [0, 0.1) is 0 Å². The molecule has 0 radical (unpaired) electrons. The second kappa shape index (κ2) is 6.51. The second-order valence-electron chi connectivity index (χ2n) is 4.30. The molecule has 0 aromatic carbocycles. The van der Waals surface area contributed by atoms with Gasteiger partial charge in [0.2, 0.25) is 5.91 Å². The lowest BCUT2D eigenvalue weighted by molar-refractivity contribution is -0.141. The molecule has 2 heterocycles. The summed E-state index contributed by atoms with van der Waals surface area (Å²) in [5, 5.41) is 1.95. The zero-order chi connectivity index (χ0) is 14.5. The van der Waals surface area contributed by atoms with Gasteiger partial charge in [0, 0.05) is 30.9 Å². The highest BCUT2D eigenvalue weighted by atomic mass is 32.1. The van der Waals surface area contributed by atoms with Crippen LogP contribution in [0.4, 0.5) is 0 Å². The molecule has 0 bridgehead atoms. The Labute approximate surface area is 121 Å². The van der Waals surface area contributed by atoms with Gasteiger partial charge in [0.15, 0.2) is 4.96 Å². The first kappa shape index (κ1) is 14.5. The van der Waals surface area contributed by atoms with Crippen molar-refractivity contribution in [3.63, 3.8) is 0 Å². The second-order valence-corrected chi connectivity index (χ2v) is 5.17. The van der Waals surface area contributed by atoms with Crippen molar-refractivity contribution in [1.29, 1.82) is 0 Å². The number of hydrogen-bond donors (Lipinski definition) is 0. The number of esters is 1. The van der Waals surface area contributed by atoms with Crippen LogP contribution in [-0.4, -0.2) is 46.4 Å². The third-order valence-corrected chi connectivity index (χ3v) is 3.79. The number of rotatable bonds is 6. The molecule has 2 aromatic heterocycles. The largest absolute Gasteiger partial charge is 0.469 e. The molecule has 1 amide bonds. The minimum Gasteiger partial charge on any atom is -0.469 e. The Morgan fingerprint density at radius 2 is 2.30 bits per heavy atom. The number of methoxy groups -OCH3 is 1. The van der Waals surface area contributed by atoms with Crippen molar-refractivity contribution in [3.8, 4) is 0 Å². The van der Waals surface area contributed by atoms with Crippen molar-refractivity contribution in [2.75, 3.05) is 20.2 Å². The fraction of sp³-hybridized carbons (Fsp3) is 0.462. The average molecular weight is 295 g/mol. The van der Waals surface area contributed by atoms with Gasteiger partial charge in [-0.25, -0.2) is 4.98 Å². The molecule has 0 aliphatic heterocycles. The number of amides is 1. The van der Waals surface area contributed by atoms with Crippen LogP contribution in [0.25, 0.3) is 4.96 Å². The van der Waals surface area contributed by atoms with E-state index in [0.29, 0.717) is 13.1 Å². The predicted molar refractivity (Wildman–Crippen MR) is 75.7 cm³/mol. The summed E-state index contributed by atoms with van der Waals surface area (Å²) in [7, 11) is 1.35. The van der Waals surface area contributed by atoms with Gasteiger partial charge in [-0.3, -0.25) is 14.0 Å². The van der Waals surface area contributed by atoms with Crippen molar-refractivity contribution in [2.24, 2.45) is 0 Å². The summed E-state index contributed by atoms with van der Waals surface area (Å²) in [5.41, 5.74) is 0.748. The molecular formula is C13H17N3O3S. The topological polar surface area (TPSA) is 63.9 Å². The number of nitrogens with zero attached hydrogens (tertiary/aromatic N) is 3. The Morgan fingerprint density at radius 1 is 1.50 bits per heavy atom. The SMILES string of the molecule is CCN(CCC(=O)OC)C(=O)Cc1cn2ccsc2n1. The Kier molecular flexibility index (Phi) is 4.73. The molecule has 0 aliphatic carbocycles. The van der Waals surface area contributed by atoms with Crippen molar-refractivity contribution in [1.82, 2.24) is 14.3 Å². The lowest BCUT2D eigenvalue weighted by Gasteiger charge is -2.19. The Hall–Kier alpha value is -1.89. The smallest absolute Gasteiger partial charge is 0.307 e. The molecule has 0 saturated carbocycles. The summed E-state index contributed by atoms with van der Waals surface area (Å²) in [6.45, 7) is 2.84. The number of thiazole rings is 1. The molecule has 2 aromatic rings. The van der Waals surface area contributed by atoms with Gasteiger partial charge in [0.25, 0.3) is 0 Å². The Bertz CT molecular complexity index is 576. The molecule has 0 aliphatic rings. The fourth-order valence-electron chi connectivity index (χ4n) is 1.92. The molecule has 2 rings (SSSR count). The number of likely N-dealkylation sites (N-methyl/N-ethyl adjacent to an activating group) is 1. The monoisotopic (exact) mass is 295 g/mol. The molecule has 0 saturated heterocycles.